The van der Waals surface area contributed by atoms with Crippen LogP contribution in [0.25, 0.3) is 5.65 Å². The monoisotopic (exact) mass is 341 g/mol. The van der Waals surface area contributed by atoms with Crippen LogP contribution in [0.3, 0.4) is 0 Å². The Labute approximate surface area is 150 Å². The maximum absolute atomic E-state index is 6.10. The summed E-state index contributed by atoms with van der Waals surface area (Å²) < 4.78 is 1.99. The summed E-state index contributed by atoms with van der Waals surface area (Å²) in [5.74, 6) is 2.37. The van der Waals surface area contributed by atoms with Crippen LogP contribution in [0.15, 0.2) is 12.3 Å². The van der Waals surface area contributed by atoms with Crippen molar-refractivity contribution in [2.24, 2.45) is 11.7 Å². The molecule has 4 rings (SSSR count). The minimum atomic E-state index is 0.329. The van der Waals surface area contributed by atoms with Crippen LogP contribution in [-0.2, 0) is 6.42 Å². The highest BCUT2D eigenvalue weighted by molar-refractivity contribution is 5.55. The zero-order valence-electron chi connectivity index (χ0n) is 15.5. The smallest absolute Gasteiger partial charge is 0.160 e. The van der Waals surface area contributed by atoms with Crippen LogP contribution >= 0.6 is 0 Å². The minimum absolute atomic E-state index is 0.329. The number of nitrogens with one attached hydrogen (secondary N) is 1. The third kappa shape index (κ3) is 3.26. The van der Waals surface area contributed by atoms with Gasteiger partial charge in [0.25, 0.3) is 0 Å². The van der Waals surface area contributed by atoms with Gasteiger partial charge in [-0.2, -0.15) is 9.61 Å². The van der Waals surface area contributed by atoms with Gasteiger partial charge < -0.3 is 11.1 Å². The van der Waals surface area contributed by atoms with E-state index in [-0.39, 0.29) is 0 Å². The molecule has 0 saturated heterocycles. The predicted octanol–water partition coefficient (Wildman–Crippen LogP) is 3.88. The highest BCUT2D eigenvalue weighted by Crippen LogP contribution is 2.37. The second-order valence-corrected chi connectivity index (χ2v) is 8.07. The normalized spacial score (nSPS) is 25.7. The molecule has 2 heterocycles. The first-order valence-corrected chi connectivity index (χ1v) is 10.1. The Morgan fingerprint density at radius 1 is 1.28 bits per heavy atom. The molecule has 2 aliphatic rings. The van der Waals surface area contributed by atoms with Gasteiger partial charge >= 0.3 is 0 Å². The molecule has 5 nitrogen and oxygen atoms in total. The fraction of sp³-hybridized carbons (Fsp3) is 0.700. The van der Waals surface area contributed by atoms with Crippen LogP contribution < -0.4 is 11.1 Å². The molecule has 0 aromatic carbocycles. The van der Waals surface area contributed by atoms with Crippen molar-refractivity contribution in [3.63, 3.8) is 0 Å². The Bertz CT molecular complexity index is 731. The second-order valence-electron chi connectivity index (χ2n) is 8.07. The van der Waals surface area contributed by atoms with E-state index in [1.165, 1.54) is 36.9 Å². The number of rotatable bonds is 5. The topological polar surface area (TPSA) is 68.2 Å². The number of nitrogens with zero attached hydrogens (tertiary/aromatic N) is 3. The molecule has 25 heavy (non-hydrogen) atoms. The van der Waals surface area contributed by atoms with Gasteiger partial charge in [-0.1, -0.05) is 26.7 Å². The zero-order valence-corrected chi connectivity index (χ0v) is 15.5. The SMILES string of the molecule is CCc1cnn2c(N[C@H]3CC[C@H](N)C3)cc(C(C)C3CCCC3)nc12. The second kappa shape index (κ2) is 6.94. The first-order valence-electron chi connectivity index (χ1n) is 10.1. The molecule has 0 spiro atoms. The quantitative estimate of drug-likeness (QED) is 0.866. The van der Waals surface area contributed by atoms with E-state index in [1.807, 2.05) is 10.7 Å². The minimum Gasteiger partial charge on any atom is -0.367 e. The van der Waals surface area contributed by atoms with E-state index in [2.05, 4.69) is 30.3 Å². The Morgan fingerprint density at radius 2 is 2.08 bits per heavy atom. The highest BCUT2D eigenvalue weighted by Gasteiger charge is 2.27. The van der Waals surface area contributed by atoms with Gasteiger partial charge in [-0.25, -0.2) is 4.98 Å². The van der Waals surface area contributed by atoms with E-state index in [9.17, 15) is 0 Å². The third-order valence-electron chi connectivity index (χ3n) is 6.34. The van der Waals surface area contributed by atoms with Crippen LogP contribution in [0, 0.1) is 5.92 Å². The summed E-state index contributed by atoms with van der Waals surface area (Å²) in [7, 11) is 0. The number of fused-ring (bicyclic) bond motifs is 1. The number of nitrogens with two attached hydrogens (primary N) is 1. The molecular weight excluding hydrogens is 310 g/mol. The molecule has 3 atom stereocenters. The van der Waals surface area contributed by atoms with Gasteiger partial charge in [0.15, 0.2) is 5.65 Å². The standard InChI is InChI=1S/C20H31N5/c1-3-14-12-22-25-19(23-17-9-8-16(21)10-17)11-18(24-20(14)25)13(2)15-6-4-5-7-15/h11-13,15-17,23H,3-10,21H2,1-2H3/t13?,16-,17-/m0/s1. The molecule has 0 amide bonds. The molecule has 2 aromatic rings. The number of anilines is 1. The van der Waals surface area contributed by atoms with Crippen molar-refractivity contribution in [1.29, 1.82) is 0 Å². The first kappa shape index (κ1) is 16.8. The van der Waals surface area contributed by atoms with Gasteiger partial charge in [-0.3, -0.25) is 0 Å². The Kier molecular flexibility index (Phi) is 4.67. The Morgan fingerprint density at radius 3 is 2.76 bits per heavy atom. The molecule has 1 unspecified atom stereocenters. The molecule has 2 fully saturated rings. The fourth-order valence-corrected chi connectivity index (χ4v) is 4.67. The molecule has 3 N–H and O–H groups in total. The van der Waals surface area contributed by atoms with Crippen molar-refractivity contribution in [3.8, 4) is 0 Å². The molecule has 0 radical (unpaired) electrons. The number of aryl methyl sites for hydroxylation is 1. The Hall–Kier alpha value is -1.62. The summed E-state index contributed by atoms with van der Waals surface area (Å²) in [6.07, 6.45) is 11.6. The van der Waals surface area contributed by atoms with E-state index >= 15 is 0 Å². The molecule has 2 aromatic heterocycles. The summed E-state index contributed by atoms with van der Waals surface area (Å²) >= 11 is 0. The van der Waals surface area contributed by atoms with Crippen molar-refractivity contribution >= 4 is 11.5 Å². The van der Waals surface area contributed by atoms with E-state index in [1.54, 1.807) is 0 Å². The van der Waals surface area contributed by atoms with Crippen LogP contribution in [-0.4, -0.2) is 26.7 Å². The average Bonchev–Trinajstić information content (AvgIpc) is 3.34. The summed E-state index contributed by atoms with van der Waals surface area (Å²) in [6, 6.07) is 3.02. The van der Waals surface area contributed by atoms with Crippen LogP contribution in [0.4, 0.5) is 5.82 Å². The average molecular weight is 342 g/mol. The maximum atomic E-state index is 6.10. The van der Waals surface area contributed by atoms with Crippen LogP contribution in [0.1, 0.15) is 76.0 Å². The van der Waals surface area contributed by atoms with Crippen molar-refractivity contribution in [2.45, 2.75) is 83.2 Å². The van der Waals surface area contributed by atoms with Gasteiger partial charge in [-0.05, 0) is 44.4 Å². The van der Waals surface area contributed by atoms with Crippen LogP contribution in [0.2, 0.25) is 0 Å². The van der Waals surface area contributed by atoms with E-state index in [0.29, 0.717) is 18.0 Å². The zero-order chi connectivity index (χ0) is 17.4. The van der Waals surface area contributed by atoms with Crippen molar-refractivity contribution in [1.82, 2.24) is 14.6 Å². The lowest BCUT2D eigenvalue weighted by Gasteiger charge is -2.21. The van der Waals surface area contributed by atoms with E-state index in [0.717, 1.165) is 43.1 Å². The lowest BCUT2D eigenvalue weighted by atomic mass is 9.89. The van der Waals surface area contributed by atoms with Gasteiger partial charge in [0.05, 0.1) is 6.20 Å². The molecule has 0 aliphatic heterocycles. The molecule has 0 bridgehead atoms. The largest absolute Gasteiger partial charge is 0.367 e. The van der Waals surface area contributed by atoms with Crippen molar-refractivity contribution < 1.29 is 0 Å². The molecular formula is C20H31N5. The van der Waals surface area contributed by atoms with Gasteiger partial charge in [0, 0.05) is 35.3 Å². The summed E-state index contributed by atoms with van der Waals surface area (Å²) in [5, 5.41) is 8.33. The van der Waals surface area contributed by atoms with Gasteiger partial charge in [-0.15, -0.1) is 0 Å². The van der Waals surface area contributed by atoms with Crippen molar-refractivity contribution in [3.05, 3.63) is 23.5 Å². The number of aromatic nitrogens is 3. The molecule has 136 valence electrons. The van der Waals surface area contributed by atoms with Gasteiger partial charge in [0.2, 0.25) is 0 Å². The lowest BCUT2D eigenvalue weighted by molar-refractivity contribution is 0.453. The highest BCUT2D eigenvalue weighted by atomic mass is 15.3. The van der Waals surface area contributed by atoms with Crippen molar-refractivity contribution in [2.75, 3.05) is 5.32 Å². The summed E-state index contributed by atoms with van der Waals surface area (Å²) in [5.41, 5.74) is 9.58. The molecule has 5 heteroatoms. The van der Waals surface area contributed by atoms with Gasteiger partial charge in [0.1, 0.15) is 5.82 Å². The lowest BCUT2D eigenvalue weighted by Crippen LogP contribution is -2.22. The van der Waals surface area contributed by atoms with E-state index < -0.39 is 0 Å². The van der Waals surface area contributed by atoms with E-state index in [4.69, 9.17) is 10.7 Å². The fourth-order valence-electron chi connectivity index (χ4n) is 4.67. The number of hydrogen-bond acceptors (Lipinski definition) is 4. The Balaban J connectivity index is 1.70. The number of hydrogen-bond donors (Lipinski definition) is 2. The summed E-state index contributed by atoms with van der Waals surface area (Å²) in [6.45, 7) is 4.53. The molecule has 2 saturated carbocycles. The summed E-state index contributed by atoms with van der Waals surface area (Å²) in [4.78, 5) is 5.04. The molecule has 2 aliphatic carbocycles. The van der Waals surface area contributed by atoms with Crippen LogP contribution in [0.5, 0.6) is 0 Å². The predicted molar refractivity (Wildman–Crippen MR) is 102 cm³/mol. The first-order chi connectivity index (χ1) is 12.2. The maximum Gasteiger partial charge on any atom is 0.160 e. The third-order valence-corrected chi connectivity index (χ3v) is 6.34.